The first-order valence-corrected chi connectivity index (χ1v) is 12.6. The van der Waals surface area contributed by atoms with Gasteiger partial charge in [0.15, 0.2) is 0 Å². The first kappa shape index (κ1) is 23.0. The molecule has 1 aromatic heterocycles. The van der Waals surface area contributed by atoms with Crippen LogP contribution in [-0.4, -0.2) is 53.0 Å². The maximum atomic E-state index is 13.3. The average Bonchev–Trinajstić information content (AvgIpc) is 3.37. The summed E-state index contributed by atoms with van der Waals surface area (Å²) in [6.45, 7) is 4.27. The molecule has 0 aliphatic carbocycles. The smallest absolute Gasteiger partial charge is 0.277 e. The topological polar surface area (TPSA) is 60.9 Å². The molecule has 0 spiro atoms. The summed E-state index contributed by atoms with van der Waals surface area (Å²) in [7, 11) is 0. The summed E-state index contributed by atoms with van der Waals surface area (Å²) in [6.07, 6.45) is 11.4. The number of hydrogen-bond acceptors (Lipinski definition) is 5. The van der Waals surface area contributed by atoms with Gasteiger partial charge in [0.2, 0.25) is 0 Å². The van der Waals surface area contributed by atoms with Crippen molar-refractivity contribution in [1.82, 2.24) is 9.80 Å². The van der Waals surface area contributed by atoms with Gasteiger partial charge in [0.25, 0.3) is 11.8 Å². The molecule has 3 heterocycles. The van der Waals surface area contributed by atoms with Crippen molar-refractivity contribution in [2.24, 2.45) is 5.92 Å². The normalized spacial score (nSPS) is 20.0. The maximum Gasteiger partial charge on any atom is 0.277 e. The van der Waals surface area contributed by atoms with Gasteiger partial charge in [-0.3, -0.25) is 14.5 Å². The summed E-state index contributed by atoms with van der Waals surface area (Å²) in [5, 5.41) is 11.6. The van der Waals surface area contributed by atoms with E-state index in [0.717, 1.165) is 37.1 Å². The molecule has 0 bridgehead atoms. The van der Waals surface area contributed by atoms with Crippen molar-refractivity contribution in [2.45, 2.75) is 71.1 Å². The van der Waals surface area contributed by atoms with Crippen molar-refractivity contribution in [3.63, 3.8) is 0 Å². The lowest BCUT2D eigenvalue weighted by Crippen LogP contribution is -2.40. The molecule has 1 fully saturated rings. The van der Waals surface area contributed by atoms with Gasteiger partial charge in [-0.15, -0.1) is 11.3 Å². The van der Waals surface area contributed by atoms with E-state index in [4.69, 9.17) is 0 Å². The number of aliphatic hydroxyl groups is 1. The van der Waals surface area contributed by atoms with Gasteiger partial charge >= 0.3 is 0 Å². The van der Waals surface area contributed by atoms with Crippen LogP contribution < -0.4 is 0 Å². The van der Waals surface area contributed by atoms with Crippen molar-refractivity contribution in [3.8, 4) is 0 Å². The van der Waals surface area contributed by atoms with Gasteiger partial charge in [-0.25, -0.2) is 0 Å². The number of carbonyl (C=O) groups excluding carboxylic acids is 2. The number of unbranched alkanes of at least 4 members (excludes halogenated alkanes) is 7. The van der Waals surface area contributed by atoms with Gasteiger partial charge in [-0.1, -0.05) is 57.9 Å². The summed E-state index contributed by atoms with van der Waals surface area (Å²) in [6, 6.07) is 3.86. The highest BCUT2D eigenvalue weighted by Gasteiger charge is 2.42. The standard InChI is InChI=1S/C24H36N2O3S/c1-2-3-4-5-6-7-8-9-15-26-23(28)21(20-13-11-16-30-20)22(24(26)29)25-14-10-12-19(17-25)18-27/h11,13,16,19,27H,2-10,12,14-15,17-18H2,1H3. The van der Waals surface area contributed by atoms with E-state index in [1.165, 1.54) is 54.8 Å². The molecule has 3 rings (SSSR count). The number of imide groups is 1. The van der Waals surface area contributed by atoms with E-state index >= 15 is 0 Å². The van der Waals surface area contributed by atoms with Gasteiger partial charge in [0.1, 0.15) is 5.70 Å². The Morgan fingerprint density at radius 1 is 1.07 bits per heavy atom. The molecular formula is C24H36N2O3S. The Kier molecular flexibility index (Phi) is 8.94. The van der Waals surface area contributed by atoms with E-state index < -0.39 is 0 Å². The molecule has 0 radical (unpaired) electrons. The van der Waals surface area contributed by atoms with Gasteiger partial charge in [0, 0.05) is 31.1 Å². The lowest BCUT2D eigenvalue weighted by atomic mass is 9.98. The molecule has 1 saturated heterocycles. The first-order chi connectivity index (χ1) is 14.7. The monoisotopic (exact) mass is 432 g/mol. The van der Waals surface area contributed by atoms with Gasteiger partial charge in [-0.05, 0) is 36.6 Å². The largest absolute Gasteiger partial charge is 0.396 e. The van der Waals surface area contributed by atoms with Crippen LogP contribution >= 0.6 is 11.3 Å². The minimum atomic E-state index is -0.148. The zero-order valence-electron chi connectivity index (χ0n) is 18.3. The molecule has 30 heavy (non-hydrogen) atoms. The van der Waals surface area contributed by atoms with Gasteiger partial charge < -0.3 is 10.0 Å². The number of nitrogens with zero attached hydrogens (tertiary/aromatic N) is 2. The van der Waals surface area contributed by atoms with E-state index in [-0.39, 0.29) is 24.3 Å². The molecule has 5 nitrogen and oxygen atoms in total. The highest BCUT2D eigenvalue weighted by Crippen LogP contribution is 2.35. The Bertz CT molecular complexity index is 729. The molecular weight excluding hydrogens is 396 g/mol. The molecule has 2 aliphatic heterocycles. The van der Waals surface area contributed by atoms with E-state index in [0.29, 0.717) is 24.4 Å². The molecule has 0 saturated carbocycles. The number of amides is 2. The Morgan fingerprint density at radius 3 is 2.47 bits per heavy atom. The summed E-state index contributed by atoms with van der Waals surface area (Å²) in [5.41, 5.74) is 1.12. The van der Waals surface area contributed by atoms with Crippen molar-refractivity contribution >= 4 is 28.7 Å². The highest BCUT2D eigenvalue weighted by molar-refractivity contribution is 7.11. The van der Waals surface area contributed by atoms with Gasteiger partial charge in [-0.2, -0.15) is 0 Å². The minimum Gasteiger partial charge on any atom is -0.396 e. The van der Waals surface area contributed by atoms with Crippen molar-refractivity contribution < 1.29 is 14.7 Å². The molecule has 2 amide bonds. The number of carbonyl (C=O) groups is 2. The van der Waals surface area contributed by atoms with Crippen LogP contribution in [0.4, 0.5) is 0 Å². The third-order valence-electron chi connectivity index (χ3n) is 6.24. The van der Waals surface area contributed by atoms with Crippen molar-refractivity contribution in [3.05, 3.63) is 28.1 Å². The summed E-state index contributed by atoms with van der Waals surface area (Å²) >= 11 is 1.51. The Morgan fingerprint density at radius 2 is 1.80 bits per heavy atom. The Hall–Kier alpha value is -1.66. The number of rotatable bonds is 12. The number of thiophene rings is 1. The fourth-order valence-corrected chi connectivity index (χ4v) is 5.29. The van der Waals surface area contributed by atoms with Crippen LogP contribution in [0.5, 0.6) is 0 Å². The quantitative estimate of drug-likeness (QED) is 0.385. The van der Waals surface area contributed by atoms with E-state index in [1.807, 2.05) is 22.4 Å². The van der Waals surface area contributed by atoms with Crippen LogP contribution in [0.2, 0.25) is 0 Å². The third kappa shape index (κ3) is 5.52. The van der Waals surface area contributed by atoms with Crippen molar-refractivity contribution in [2.75, 3.05) is 26.2 Å². The molecule has 1 unspecified atom stereocenters. The maximum absolute atomic E-state index is 13.3. The van der Waals surface area contributed by atoms with Crippen LogP contribution in [-0.2, 0) is 9.59 Å². The van der Waals surface area contributed by atoms with Crippen LogP contribution in [0.15, 0.2) is 23.2 Å². The zero-order chi connectivity index (χ0) is 21.3. The lowest BCUT2D eigenvalue weighted by Gasteiger charge is -2.34. The number of aliphatic hydroxyl groups excluding tert-OH is 1. The second kappa shape index (κ2) is 11.7. The first-order valence-electron chi connectivity index (χ1n) is 11.7. The average molecular weight is 433 g/mol. The summed E-state index contributed by atoms with van der Waals surface area (Å²) in [5.74, 6) is -0.128. The number of likely N-dealkylation sites (tertiary alicyclic amines) is 1. The molecule has 1 N–H and O–H groups in total. The predicted molar refractivity (Wildman–Crippen MR) is 122 cm³/mol. The van der Waals surface area contributed by atoms with E-state index in [9.17, 15) is 14.7 Å². The molecule has 1 aromatic rings. The van der Waals surface area contributed by atoms with Crippen LogP contribution in [0, 0.1) is 5.92 Å². The fourth-order valence-electron chi connectivity index (χ4n) is 4.52. The molecule has 166 valence electrons. The predicted octanol–water partition coefficient (Wildman–Crippen LogP) is 4.67. The fraction of sp³-hybridized carbons (Fsp3) is 0.667. The van der Waals surface area contributed by atoms with E-state index in [2.05, 4.69) is 6.92 Å². The van der Waals surface area contributed by atoms with Gasteiger partial charge in [0.05, 0.1) is 5.57 Å². The zero-order valence-corrected chi connectivity index (χ0v) is 19.1. The molecule has 1 atom stereocenters. The third-order valence-corrected chi connectivity index (χ3v) is 7.13. The second-order valence-electron chi connectivity index (χ2n) is 8.57. The second-order valence-corrected chi connectivity index (χ2v) is 9.52. The van der Waals surface area contributed by atoms with Crippen LogP contribution in [0.1, 0.15) is 76.0 Å². The summed E-state index contributed by atoms with van der Waals surface area (Å²) < 4.78 is 0. The Labute approximate surface area is 184 Å². The number of hydrogen-bond donors (Lipinski definition) is 1. The molecule has 0 aromatic carbocycles. The number of piperidine rings is 1. The SMILES string of the molecule is CCCCCCCCCCN1C(=O)C(c2cccs2)=C(N2CCCC(CO)C2)C1=O. The lowest BCUT2D eigenvalue weighted by molar-refractivity contribution is -0.137. The highest BCUT2D eigenvalue weighted by atomic mass is 32.1. The van der Waals surface area contributed by atoms with Crippen LogP contribution in [0.25, 0.3) is 5.57 Å². The molecule has 6 heteroatoms. The van der Waals surface area contributed by atoms with Crippen molar-refractivity contribution in [1.29, 1.82) is 0 Å². The Balaban J connectivity index is 1.63. The summed E-state index contributed by atoms with van der Waals surface area (Å²) in [4.78, 5) is 30.9. The molecule has 2 aliphatic rings. The minimum absolute atomic E-state index is 0.127. The van der Waals surface area contributed by atoms with Crippen LogP contribution in [0.3, 0.4) is 0 Å². The van der Waals surface area contributed by atoms with E-state index in [1.54, 1.807) is 0 Å².